The first-order valence-electron chi connectivity index (χ1n) is 7.51. The maximum Gasteiger partial charge on any atom is 0.342 e. The molecule has 0 bridgehead atoms. The number of aromatic nitrogens is 2. The number of carbonyl (C=O) groups excluding carboxylic acids is 1. The van der Waals surface area contributed by atoms with Crippen molar-refractivity contribution in [2.24, 2.45) is 0 Å². The molecule has 1 heterocycles. The summed E-state index contributed by atoms with van der Waals surface area (Å²) < 4.78 is 10.2. The zero-order valence-corrected chi connectivity index (χ0v) is 13.7. The SMILES string of the molecule is COc1c(C(=O)OCc2nc(N)c3ccccc3n2)cccc1[N+](=O)[O-]. The Morgan fingerprint density at radius 3 is 2.69 bits per heavy atom. The van der Waals surface area contributed by atoms with Crippen LogP contribution in [0.4, 0.5) is 11.5 Å². The molecule has 0 aliphatic carbocycles. The molecule has 0 amide bonds. The molecule has 0 aliphatic heterocycles. The average molecular weight is 354 g/mol. The van der Waals surface area contributed by atoms with Gasteiger partial charge in [-0.3, -0.25) is 10.1 Å². The second-order valence-electron chi connectivity index (χ2n) is 5.23. The van der Waals surface area contributed by atoms with Crippen LogP contribution in [0.2, 0.25) is 0 Å². The van der Waals surface area contributed by atoms with E-state index in [0.29, 0.717) is 10.9 Å². The van der Waals surface area contributed by atoms with Crippen LogP contribution in [0, 0.1) is 10.1 Å². The summed E-state index contributed by atoms with van der Waals surface area (Å²) in [4.78, 5) is 31.1. The first-order chi connectivity index (χ1) is 12.5. The topological polar surface area (TPSA) is 130 Å². The van der Waals surface area contributed by atoms with Gasteiger partial charge in [0.15, 0.2) is 12.4 Å². The fourth-order valence-electron chi connectivity index (χ4n) is 2.47. The van der Waals surface area contributed by atoms with Crippen molar-refractivity contribution in [3.05, 3.63) is 64.0 Å². The Morgan fingerprint density at radius 1 is 1.19 bits per heavy atom. The van der Waals surface area contributed by atoms with E-state index in [0.717, 1.165) is 0 Å². The number of rotatable bonds is 5. The Labute approximate surface area is 147 Å². The molecule has 2 aromatic carbocycles. The van der Waals surface area contributed by atoms with Crippen molar-refractivity contribution in [1.29, 1.82) is 0 Å². The van der Waals surface area contributed by atoms with E-state index in [1.54, 1.807) is 18.2 Å². The summed E-state index contributed by atoms with van der Waals surface area (Å²) in [6.07, 6.45) is 0. The van der Waals surface area contributed by atoms with Gasteiger partial charge in [0.2, 0.25) is 5.75 Å². The van der Waals surface area contributed by atoms with Crippen LogP contribution in [-0.2, 0) is 11.3 Å². The molecule has 0 spiro atoms. The summed E-state index contributed by atoms with van der Waals surface area (Å²) in [5.41, 5.74) is 6.13. The van der Waals surface area contributed by atoms with Crippen molar-refractivity contribution in [1.82, 2.24) is 9.97 Å². The Kier molecular flexibility index (Phi) is 4.61. The van der Waals surface area contributed by atoms with Gasteiger partial charge >= 0.3 is 11.7 Å². The van der Waals surface area contributed by atoms with Gasteiger partial charge in [0.25, 0.3) is 0 Å². The monoisotopic (exact) mass is 354 g/mol. The highest BCUT2D eigenvalue weighted by molar-refractivity contribution is 5.94. The van der Waals surface area contributed by atoms with E-state index in [4.69, 9.17) is 15.2 Å². The number of ether oxygens (including phenoxy) is 2. The summed E-state index contributed by atoms with van der Waals surface area (Å²) in [5, 5.41) is 11.7. The van der Waals surface area contributed by atoms with Gasteiger partial charge in [-0.15, -0.1) is 0 Å². The van der Waals surface area contributed by atoms with Gasteiger partial charge in [-0.1, -0.05) is 18.2 Å². The predicted molar refractivity (Wildman–Crippen MR) is 92.7 cm³/mol. The first kappa shape index (κ1) is 17.1. The number of methoxy groups -OCH3 is 1. The summed E-state index contributed by atoms with van der Waals surface area (Å²) in [7, 11) is 1.24. The minimum Gasteiger partial charge on any atom is -0.490 e. The average Bonchev–Trinajstić information content (AvgIpc) is 2.65. The molecule has 0 aliphatic rings. The number of esters is 1. The number of fused-ring (bicyclic) bond motifs is 1. The Hall–Kier alpha value is -3.75. The highest BCUT2D eigenvalue weighted by Crippen LogP contribution is 2.31. The fraction of sp³-hybridized carbons (Fsp3) is 0.118. The largest absolute Gasteiger partial charge is 0.490 e. The van der Waals surface area contributed by atoms with Gasteiger partial charge in [0, 0.05) is 11.5 Å². The third-order valence-electron chi connectivity index (χ3n) is 3.63. The van der Waals surface area contributed by atoms with E-state index in [1.807, 2.05) is 6.07 Å². The van der Waals surface area contributed by atoms with Gasteiger partial charge in [0.1, 0.15) is 11.4 Å². The number of nitro groups is 1. The van der Waals surface area contributed by atoms with Gasteiger partial charge in [-0.2, -0.15) is 0 Å². The summed E-state index contributed by atoms with van der Waals surface area (Å²) >= 11 is 0. The van der Waals surface area contributed by atoms with E-state index in [1.165, 1.54) is 25.3 Å². The second kappa shape index (κ2) is 7.01. The lowest BCUT2D eigenvalue weighted by Crippen LogP contribution is -2.10. The summed E-state index contributed by atoms with van der Waals surface area (Å²) in [5.74, 6) is -0.462. The molecule has 0 radical (unpaired) electrons. The number of para-hydroxylation sites is 2. The van der Waals surface area contributed by atoms with E-state index >= 15 is 0 Å². The van der Waals surface area contributed by atoms with Crippen LogP contribution in [-0.4, -0.2) is 28.0 Å². The number of nitrogens with two attached hydrogens (primary N) is 1. The van der Waals surface area contributed by atoms with Crippen LogP contribution >= 0.6 is 0 Å². The normalized spacial score (nSPS) is 10.5. The summed E-state index contributed by atoms with van der Waals surface area (Å²) in [6.45, 7) is -0.236. The number of carbonyl (C=O) groups is 1. The number of nitrogens with zero attached hydrogens (tertiary/aromatic N) is 3. The maximum atomic E-state index is 12.3. The zero-order chi connectivity index (χ0) is 18.7. The highest BCUT2D eigenvalue weighted by atomic mass is 16.6. The first-order valence-corrected chi connectivity index (χ1v) is 7.51. The lowest BCUT2D eigenvalue weighted by Gasteiger charge is -2.09. The number of benzene rings is 2. The molecular weight excluding hydrogens is 340 g/mol. The number of hydrogen-bond acceptors (Lipinski definition) is 8. The number of anilines is 1. The molecule has 9 nitrogen and oxygen atoms in total. The van der Waals surface area contributed by atoms with Crippen LogP contribution in [0.15, 0.2) is 42.5 Å². The lowest BCUT2D eigenvalue weighted by molar-refractivity contribution is -0.385. The number of nitro benzene ring substituents is 1. The van der Waals surface area contributed by atoms with Crippen molar-refractivity contribution in [3.8, 4) is 5.75 Å². The van der Waals surface area contributed by atoms with Crippen molar-refractivity contribution >= 4 is 28.4 Å². The van der Waals surface area contributed by atoms with Crippen molar-refractivity contribution in [2.75, 3.05) is 12.8 Å². The molecule has 3 rings (SSSR count). The molecule has 3 aromatic rings. The van der Waals surface area contributed by atoms with E-state index < -0.39 is 10.9 Å². The number of nitrogen functional groups attached to an aromatic ring is 1. The quantitative estimate of drug-likeness (QED) is 0.420. The summed E-state index contributed by atoms with van der Waals surface area (Å²) in [6, 6.07) is 11.2. The fourth-order valence-corrected chi connectivity index (χ4v) is 2.47. The molecular formula is C17H14N4O5. The standard InChI is InChI=1S/C17H14N4O5/c1-25-15-11(6-4-8-13(15)21(23)24)17(22)26-9-14-19-12-7-3-2-5-10(12)16(18)20-14/h2-8H,9H2,1H3,(H2,18,19,20). The predicted octanol–water partition coefficient (Wildman–Crippen LogP) is 2.49. The van der Waals surface area contributed by atoms with Crippen molar-refractivity contribution in [3.63, 3.8) is 0 Å². The van der Waals surface area contributed by atoms with Gasteiger partial charge in [-0.05, 0) is 18.2 Å². The van der Waals surface area contributed by atoms with Crippen LogP contribution in [0.3, 0.4) is 0 Å². The van der Waals surface area contributed by atoms with Crippen LogP contribution in [0.5, 0.6) is 5.75 Å². The molecule has 0 saturated carbocycles. The second-order valence-corrected chi connectivity index (χ2v) is 5.23. The van der Waals surface area contributed by atoms with Gasteiger partial charge in [0.05, 0.1) is 17.5 Å². The molecule has 0 fully saturated rings. The minimum absolute atomic E-state index is 0.0598. The van der Waals surface area contributed by atoms with Gasteiger partial charge < -0.3 is 15.2 Å². The molecule has 0 saturated heterocycles. The van der Waals surface area contributed by atoms with Crippen LogP contribution in [0.25, 0.3) is 10.9 Å². The van der Waals surface area contributed by atoms with Crippen LogP contribution in [0.1, 0.15) is 16.2 Å². The van der Waals surface area contributed by atoms with Crippen molar-refractivity contribution in [2.45, 2.75) is 6.61 Å². The van der Waals surface area contributed by atoms with E-state index in [2.05, 4.69) is 9.97 Å². The molecule has 26 heavy (non-hydrogen) atoms. The Morgan fingerprint density at radius 2 is 1.96 bits per heavy atom. The lowest BCUT2D eigenvalue weighted by atomic mass is 10.1. The van der Waals surface area contributed by atoms with Gasteiger partial charge in [-0.25, -0.2) is 14.8 Å². The molecule has 2 N–H and O–H groups in total. The van der Waals surface area contributed by atoms with E-state index in [9.17, 15) is 14.9 Å². The molecule has 132 valence electrons. The molecule has 1 aromatic heterocycles. The Balaban J connectivity index is 1.84. The molecule has 0 unspecified atom stereocenters. The Bertz CT molecular complexity index is 1010. The molecule has 9 heteroatoms. The van der Waals surface area contributed by atoms with Crippen molar-refractivity contribution < 1.29 is 19.2 Å². The minimum atomic E-state index is -0.791. The molecule has 0 atom stereocenters. The smallest absolute Gasteiger partial charge is 0.342 e. The maximum absolute atomic E-state index is 12.3. The zero-order valence-electron chi connectivity index (χ0n) is 13.7. The highest BCUT2D eigenvalue weighted by Gasteiger charge is 2.23. The third kappa shape index (κ3) is 3.22. The third-order valence-corrected chi connectivity index (χ3v) is 3.63. The van der Waals surface area contributed by atoms with Crippen LogP contribution < -0.4 is 10.5 Å². The number of hydrogen-bond donors (Lipinski definition) is 1. The van der Waals surface area contributed by atoms with E-state index in [-0.39, 0.29) is 35.2 Å².